The number of nitriles is 1. The number of pyridine rings is 1. The number of nitrogens with zero attached hydrogens (tertiary/aromatic N) is 4. The van der Waals surface area contributed by atoms with Gasteiger partial charge in [0.1, 0.15) is 35.4 Å². The molecule has 1 fully saturated rings. The second kappa shape index (κ2) is 11.4. The van der Waals surface area contributed by atoms with Crippen LogP contribution in [0.2, 0.25) is 0 Å². The van der Waals surface area contributed by atoms with Crippen molar-refractivity contribution in [2.45, 2.75) is 32.4 Å². The average molecular weight is 601 g/mol. The Morgan fingerprint density at radius 1 is 1.05 bits per heavy atom. The summed E-state index contributed by atoms with van der Waals surface area (Å²) >= 11 is 0. The van der Waals surface area contributed by atoms with Gasteiger partial charge >= 0.3 is 5.97 Å². The molecule has 0 radical (unpaired) electrons. The minimum absolute atomic E-state index is 0.0201. The third kappa shape index (κ3) is 5.46. The van der Waals surface area contributed by atoms with Crippen molar-refractivity contribution in [1.82, 2.24) is 14.5 Å². The van der Waals surface area contributed by atoms with Crippen LogP contribution in [0.5, 0.6) is 5.88 Å². The van der Waals surface area contributed by atoms with Crippen molar-refractivity contribution in [3.8, 4) is 23.1 Å². The first-order chi connectivity index (χ1) is 21.2. The predicted octanol–water partition coefficient (Wildman–Crippen LogP) is 7.00. The summed E-state index contributed by atoms with van der Waals surface area (Å²) < 4.78 is 66.9. The van der Waals surface area contributed by atoms with E-state index >= 15 is 8.78 Å². The Bertz CT molecular complexity index is 1940. The number of carboxylic acids is 1. The number of carbonyl (C=O) groups is 1. The van der Waals surface area contributed by atoms with Crippen LogP contribution in [-0.4, -0.2) is 32.3 Å². The number of halogens is 4. The van der Waals surface area contributed by atoms with E-state index in [2.05, 4.69) is 9.97 Å². The molecule has 222 valence electrons. The van der Waals surface area contributed by atoms with Crippen molar-refractivity contribution in [3.63, 3.8) is 0 Å². The van der Waals surface area contributed by atoms with Crippen LogP contribution in [-0.2, 0) is 19.6 Å². The van der Waals surface area contributed by atoms with E-state index in [-0.39, 0.29) is 70.2 Å². The van der Waals surface area contributed by atoms with Crippen LogP contribution in [0, 0.1) is 34.2 Å². The molecule has 0 aliphatic heterocycles. The molecular weight excluding hydrogens is 576 g/mol. The van der Waals surface area contributed by atoms with Gasteiger partial charge in [-0.15, -0.1) is 0 Å². The number of benzene rings is 3. The quantitative estimate of drug-likeness (QED) is 0.173. The van der Waals surface area contributed by atoms with Gasteiger partial charge in [-0.1, -0.05) is 12.1 Å². The first-order valence-corrected chi connectivity index (χ1v) is 13.7. The molecule has 3 aromatic carbocycles. The Balaban J connectivity index is 1.33. The van der Waals surface area contributed by atoms with E-state index in [1.54, 1.807) is 28.8 Å². The highest BCUT2D eigenvalue weighted by molar-refractivity contribution is 6.01. The van der Waals surface area contributed by atoms with E-state index in [0.29, 0.717) is 18.4 Å². The van der Waals surface area contributed by atoms with Crippen LogP contribution in [0.15, 0.2) is 66.9 Å². The van der Waals surface area contributed by atoms with Gasteiger partial charge in [0, 0.05) is 41.3 Å². The molecule has 2 aromatic heterocycles. The zero-order valence-electron chi connectivity index (χ0n) is 23.2. The molecule has 0 atom stereocenters. The molecule has 11 heteroatoms. The van der Waals surface area contributed by atoms with Crippen LogP contribution in [0.4, 0.5) is 17.6 Å². The second-order valence-corrected chi connectivity index (χ2v) is 10.9. The van der Waals surface area contributed by atoms with Crippen LogP contribution in [0.1, 0.15) is 45.7 Å². The number of imidazole rings is 1. The summed E-state index contributed by atoms with van der Waals surface area (Å²) in [6.45, 7) is -0.606. The SMILES string of the molecule is N#Cc1ccc(COc2ncccc2-c2cc(F)c(Cc3nc4c(C(=O)O)cccc4n3CC3(CF)CC3)c(F)c2)c(F)c1. The summed E-state index contributed by atoms with van der Waals surface area (Å²) in [7, 11) is 0. The molecule has 44 heavy (non-hydrogen) atoms. The number of hydrogen-bond acceptors (Lipinski definition) is 5. The Morgan fingerprint density at radius 2 is 1.82 bits per heavy atom. The topological polar surface area (TPSA) is 101 Å². The number of alkyl halides is 1. The molecule has 2 heterocycles. The maximum atomic E-state index is 15.6. The maximum absolute atomic E-state index is 15.6. The zero-order valence-corrected chi connectivity index (χ0v) is 23.2. The van der Waals surface area contributed by atoms with E-state index < -0.39 is 35.5 Å². The van der Waals surface area contributed by atoms with Gasteiger partial charge in [0.25, 0.3) is 0 Å². The van der Waals surface area contributed by atoms with E-state index in [1.807, 2.05) is 6.07 Å². The van der Waals surface area contributed by atoms with E-state index in [4.69, 9.17) is 10.00 Å². The maximum Gasteiger partial charge on any atom is 0.337 e. The lowest BCUT2D eigenvalue weighted by Gasteiger charge is -2.16. The van der Waals surface area contributed by atoms with Crippen molar-refractivity contribution < 1.29 is 32.2 Å². The van der Waals surface area contributed by atoms with Crippen LogP contribution in [0.25, 0.3) is 22.2 Å². The molecule has 1 saturated carbocycles. The van der Waals surface area contributed by atoms with Crippen molar-refractivity contribution in [1.29, 1.82) is 5.26 Å². The fourth-order valence-corrected chi connectivity index (χ4v) is 5.22. The van der Waals surface area contributed by atoms with Crippen LogP contribution in [0.3, 0.4) is 0 Å². The molecule has 0 saturated heterocycles. The lowest BCUT2D eigenvalue weighted by molar-refractivity contribution is 0.0699. The molecule has 7 nitrogen and oxygen atoms in total. The summed E-state index contributed by atoms with van der Waals surface area (Å²) in [6, 6.07) is 15.8. The standard InChI is InChI=1S/C33H24F4N4O3/c34-17-33(8-9-33)18-41-28-5-1-3-23(32(42)43)30(28)40-29(41)14-24-26(36)12-21(13-27(24)37)22-4-2-10-39-31(22)44-16-20-7-6-19(15-38)11-25(20)35/h1-7,10-13H,8-9,14,16-18H2,(H,42,43). The summed E-state index contributed by atoms with van der Waals surface area (Å²) in [5, 5.41) is 18.6. The highest BCUT2D eigenvalue weighted by Crippen LogP contribution is 2.48. The molecular formula is C33H24F4N4O3. The van der Waals surface area contributed by atoms with E-state index in [9.17, 15) is 18.7 Å². The number of para-hydroxylation sites is 1. The lowest BCUT2D eigenvalue weighted by Crippen LogP contribution is -2.16. The molecule has 0 spiro atoms. The van der Waals surface area contributed by atoms with Gasteiger partial charge in [-0.25, -0.2) is 27.9 Å². The highest BCUT2D eigenvalue weighted by Gasteiger charge is 2.44. The largest absolute Gasteiger partial charge is 0.478 e. The van der Waals surface area contributed by atoms with Gasteiger partial charge in [-0.05, 0) is 66.9 Å². The Hall–Kier alpha value is -5.24. The zero-order chi connectivity index (χ0) is 31.0. The summed E-state index contributed by atoms with van der Waals surface area (Å²) in [5.74, 6) is -3.35. The van der Waals surface area contributed by atoms with Gasteiger partial charge in [0.2, 0.25) is 5.88 Å². The normalized spacial score (nSPS) is 13.5. The summed E-state index contributed by atoms with van der Waals surface area (Å²) in [4.78, 5) is 20.5. The Morgan fingerprint density at radius 3 is 2.48 bits per heavy atom. The van der Waals surface area contributed by atoms with Crippen molar-refractivity contribution in [2.24, 2.45) is 5.41 Å². The van der Waals surface area contributed by atoms with Gasteiger partial charge in [0.05, 0.1) is 29.4 Å². The first-order valence-electron chi connectivity index (χ1n) is 13.7. The van der Waals surface area contributed by atoms with Gasteiger partial charge in [0.15, 0.2) is 0 Å². The number of fused-ring (bicyclic) bond motifs is 1. The molecule has 0 amide bonds. The van der Waals surface area contributed by atoms with Crippen LogP contribution >= 0.6 is 0 Å². The van der Waals surface area contributed by atoms with Gasteiger partial charge < -0.3 is 14.4 Å². The minimum atomic E-state index is -1.20. The first kappa shape index (κ1) is 28.9. The van der Waals surface area contributed by atoms with Crippen molar-refractivity contribution in [3.05, 3.63) is 112 Å². The molecule has 5 aromatic rings. The third-order valence-electron chi connectivity index (χ3n) is 7.93. The smallest absolute Gasteiger partial charge is 0.337 e. The monoisotopic (exact) mass is 600 g/mol. The summed E-state index contributed by atoms with van der Waals surface area (Å²) in [5.41, 5.74) is 0.371. The fraction of sp³-hybridized carbons (Fsp3) is 0.212. The summed E-state index contributed by atoms with van der Waals surface area (Å²) in [6.07, 6.45) is 2.41. The average Bonchev–Trinajstić information content (AvgIpc) is 3.72. The number of hydrogen-bond donors (Lipinski definition) is 1. The molecule has 0 unspecified atom stereocenters. The second-order valence-electron chi connectivity index (χ2n) is 10.9. The number of aromatic nitrogens is 3. The number of rotatable bonds is 10. The molecule has 6 rings (SSSR count). The third-order valence-corrected chi connectivity index (χ3v) is 7.93. The van der Waals surface area contributed by atoms with E-state index in [0.717, 1.165) is 18.2 Å². The highest BCUT2D eigenvalue weighted by atomic mass is 19.1. The molecule has 0 bridgehead atoms. The van der Waals surface area contributed by atoms with E-state index in [1.165, 1.54) is 24.4 Å². The minimum Gasteiger partial charge on any atom is -0.478 e. The Labute approximate surface area is 249 Å². The fourth-order valence-electron chi connectivity index (χ4n) is 5.22. The molecule has 1 N–H and O–H groups in total. The number of aromatic carboxylic acids is 1. The predicted molar refractivity (Wildman–Crippen MR) is 152 cm³/mol. The lowest BCUT2D eigenvalue weighted by atomic mass is 10.0. The molecule has 1 aliphatic rings. The molecule has 1 aliphatic carbocycles. The van der Waals surface area contributed by atoms with Gasteiger partial charge in [-0.2, -0.15) is 5.26 Å². The van der Waals surface area contributed by atoms with Crippen molar-refractivity contribution >= 4 is 17.0 Å². The number of ether oxygens (including phenoxy) is 1. The number of carboxylic acid groups (broad SMARTS) is 1. The Kier molecular flexibility index (Phi) is 7.51. The van der Waals surface area contributed by atoms with Crippen LogP contribution < -0.4 is 4.74 Å². The van der Waals surface area contributed by atoms with Crippen molar-refractivity contribution in [2.75, 3.05) is 6.67 Å². The van der Waals surface area contributed by atoms with Gasteiger partial charge in [-0.3, -0.25) is 4.39 Å².